The molecule has 0 atom stereocenters. The lowest BCUT2D eigenvalue weighted by Gasteiger charge is -1.98. The smallest absolute Gasteiger partial charge is 0.272 e. The van der Waals surface area contributed by atoms with Gasteiger partial charge in [0.2, 0.25) is 0 Å². The van der Waals surface area contributed by atoms with Gasteiger partial charge in [-0.25, -0.2) is 0 Å². The first-order chi connectivity index (χ1) is 12.7. The van der Waals surface area contributed by atoms with E-state index in [1.54, 1.807) is 35.6 Å². The van der Waals surface area contributed by atoms with E-state index in [1.165, 1.54) is 0 Å². The Morgan fingerprint density at radius 1 is 1.23 bits per heavy atom. The Labute approximate surface area is 157 Å². The molecule has 8 heteroatoms. The number of thiophene rings is 1. The summed E-state index contributed by atoms with van der Waals surface area (Å²) in [4.78, 5) is 13.3. The van der Waals surface area contributed by atoms with Crippen molar-refractivity contribution in [2.24, 2.45) is 0 Å². The van der Waals surface area contributed by atoms with Gasteiger partial charge in [-0.2, -0.15) is 5.10 Å². The maximum atomic E-state index is 12.3. The maximum Gasteiger partial charge on any atom is 0.272 e. The molecular formula is C18H13ClN4O2S. The Bertz CT molecular complexity index is 1020. The molecule has 3 heterocycles. The van der Waals surface area contributed by atoms with Gasteiger partial charge in [-0.05, 0) is 41.8 Å². The summed E-state index contributed by atoms with van der Waals surface area (Å²) < 4.78 is 5.32. The van der Waals surface area contributed by atoms with Crippen molar-refractivity contribution in [2.75, 3.05) is 0 Å². The van der Waals surface area contributed by atoms with E-state index in [4.69, 9.17) is 16.1 Å². The third kappa shape index (κ3) is 3.54. The van der Waals surface area contributed by atoms with Gasteiger partial charge in [0.25, 0.3) is 5.91 Å². The second-order valence-electron chi connectivity index (χ2n) is 5.52. The molecule has 0 spiro atoms. The average Bonchev–Trinajstić information content (AvgIpc) is 3.41. The largest absolute Gasteiger partial charge is 0.356 e. The van der Waals surface area contributed by atoms with E-state index < -0.39 is 0 Å². The van der Waals surface area contributed by atoms with Crippen molar-refractivity contribution in [1.29, 1.82) is 0 Å². The molecule has 0 aliphatic rings. The van der Waals surface area contributed by atoms with Crippen LogP contribution in [0.4, 0.5) is 0 Å². The summed E-state index contributed by atoms with van der Waals surface area (Å²) in [5.41, 5.74) is 2.64. The molecule has 0 saturated carbocycles. The second-order valence-corrected chi connectivity index (χ2v) is 6.90. The van der Waals surface area contributed by atoms with E-state index in [2.05, 4.69) is 20.7 Å². The Hall–Kier alpha value is -2.90. The van der Waals surface area contributed by atoms with Gasteiger partial charge < -0.3 is 9.84 Å². The number of aromatic amines is 1. The molecule has 2 N–H and O–H groups in total. The van der Waals surface area contributed by atoms with Crippen molar-refractivity contribution < 1.29 is 9.32 Å². The van der Waals surface area contributed by atoms with Crippen LogP contribution in [-0.2, 0) is 6.54 Å². The number of rotatable bonds is 5. The molecular weight excluding hydrogens is 372 g/mol. The normalized spacial score (nSPS) is 10.8. The zero-order chi connectivity index (χ0) is 17.9. The van der Waals surface area contributed by atoms with Crippen molar-refractivity contribution in [3.8, 4) is 21.9 Å². The van der Waals surface area contributed by atoms with E-state index in [1.807, 2.05) is 29.6 Å². The lowest BCUT2D eigenvalue weighted by atomic mass is 10.1. The molecule has 3 aromatic heterocycles. The highest BCUT2D eigenvalue weighted by atomic mass is 35.5. The van der Waals surface area contributed by atoms with Gasteiger partial charge in [0.15, 0.2) is 11.5 Å². The monoisotopic (exact) mass is 384 g/mol. The molecule has 0 aliphatic carbocycles. The van der Waals surface area contributed by atoms with Crippen LogP contribution in [0, 0.1) is 0 Å². The third-order valence-corrected chi connectivity index (χ3v) is 4.87. The molecule has 0 aliphatic heterocycles. The molecule has 1 amide bonds. The van der Waals surface area contributed by atoms with Crippen LogP contribution in [-0.4, -0.2) is 21.3 Å². The summed E-state index contributed by atoms with van der Waals surface area (Å²) >= 11 is 7.46. The summed E-state index contributed by atoms with van der Waals surface area (Å²) in [6.45, 7) is 0.247. The number of amides is 1. The number of nitrogens with one attached hydrogen (secondary N) is 2. The lowest BCUT2D eigenvalue weighted by molar-refractivity contribution is 0.0945. The molecule has 1 aromatic carbocycles. The Morgan fingerprint density at radius 2 is 2.08 bits per heavy atom. The molecule has 4 aromatic rings. The van der Waals surface area contributed by atoms with E-state index in [0.29, 0.717) is 22.2 Å². The molecule has 0 unspecified atom stereocenters. The van der Waals surface area contributed by atoms with E-state index in [0.717, 1.165) is 16.1 Å². The first-order valence-electron chi connectivity index (χ1n) is 7.78. The van der Waals surface area contributed by atoms with Crippen molar-refractivity contribution in [3.63, 3.8) is 0 Å². The van der Waals surface area contributed by atoms with Crippen molar-refractivity contribution in [3.05, 3.63) is 70.3 Å². The van der Waals surface area contributed by atoms with Gasteiger partial charge in [-0.15, -0.1) is 11.3 Å². The number of hydrogen-bond acceptors (Lipinski definition) is 5. The van der Waals surface area contributed by atoms with E-state index in [9.17, 15) is 4.79 Å². The Balaban J connectivity index is 1.40. The predicted molar refractivity (Wildman–Crippen MR) is 100 cm³/mol. The molecule has 4 rings (SSSR count). The van der Waals surface area contributed by atoms with Gasteiger partial charge in [0.1, 0.15) is 5.69 Å². The van der Waals surface area contributed by atoms with Crippen LogP contribution in [0.1, 0.15) is 16.2 Å². The van der Waals surface area contributed by atoms with Crippen LogP contribution in [0.2, 0.25) is 5.02 Å². The van der Waals surface area contributed by atoms with Crippen LogP contribution >= 0.6 is 22.9 Å². The zero-order valence-electron chi connectivity index (χ0n) is 13.4. The Kier molecular flexibility index (Phi) is 4.55. The lowest BCUT2D eigenvalue weighted by Crippen LogP contribution is -2.23. The van der Waals surface area contributed by atoms with Crippen LogP contribution in [0.15, 0.2) is 58.4 Å². The minimum atomic E-state index is -0.278. The molecule has 0 saturated heterocycles. The summed E-state index contributed by atoms with van der Waals surface area (Å²) in [5.74, 6) is 0.339. The van der Waals surface area contributed by atoms with Crippen molar-refractivity contribution in [2.45, 2.75) is 6.54 Å². The topological polar surface area (TPSA) is 83.8 Å². The highest BCUT2D eigenvalue weighted by Crippen LogP contribution is 2.23. The van der Waals surface area contributed by atoms with E-state index in [-0.39, 0.29) is 12.5 Å². The minimum absolute atomic E-state index is 0.247. The number of halogens is 1. The molecule has 0 radical (unpaired) electrons. The van der Waals surface area contributed by atoms with Crippen molar-refractivity contribution >= 4 is 28.8 Å². The summed E-state index contributed by atoms with van der Waals surface area (Å²) in [5, 5.41) is 16.3. The fourth-order valence-electron chi connectivity index (χ4n) is 2.40. The second kappa shape index (κ2) is 7.15. The number of aromatic nitrogens is 3. The van der Waals surface area contributed by atoms with Gasteiger partial charge in [0.05, 0.1) is 17.1 Å². The minimum Gasteiger partial charge on any atom is -0.356 e. The number of H-pyrrole nitrogens is 1. The summed E-state index contributed by atoms with van der Waals surface area (Å²) in [6.07, 6.45) is 0. The van der Waals surface area contributed by atoms with Gasteiger partial charge in [0, 0.05) is 16.7 Å². The first-order valence-corrected chi connectivity index (χ1v) is 9.04. The predicted octanol–water partition coefficient (Wildman–Crippen LogP) is 4.38. The molecule has 26 heavy (non-hydrogen) atoms. The molecule has 0 fully saturated rings. The average molecular weight is 385 g/mol. The highest BCUT2D eigenvalue weighted by Gasteiger charge is 2.13. The third-order valence-electron chi connectivity index (χ3n) is 3.71. The number of benzene rings is 1. The Morgan fingerprint density at radius 3 is 2.85 bits per heavy atom. The van der Waals surface area contributed by atoms with Crippen molar-refractivity contribution in [1.82, 2.24) is 20.7 Å². The highest BCUT2D eigenvalue weighted by molar-refractivity contribution is 7.13. The van der Waals surface area contributed by atoms with Gasteiger partial charge in [-0.1, -0.05) is 22.8 Å². The fourth-order valence-corrected chi connectivity index (χ4v) is 3.22. The molecule has 130 valence electrons. The fraction of sp³-hybridized carbons (Fsp3) is 0.0556. The van der Waals surface area contributed by atoms with Crippen LogP contribution in [0.25, 0.3) is 21.9 Å². The first kappa shape index (κ1) is 16.6. The molecule has 0 bridgehead atoms. The maximum absolute atomic E-state index is 12.3. The zero-order valence-corrected chi connectivity index (χ0v) is 15.0. The number of hydrogen-bond donors (Lipinski definition) is 2. The van der Waals surface area contributed by atoms with E-state index >= 15 is 0 Å². The summed E-state index contributed by atoms with van der Waals surface area (Å²) in [6, 6.07) is 14.7. The standard InChI is InChI=1S/C18H13ClN4O2S/c19-12-5-3-11(4-6-12)16-8-13(23-25-16)10-20-18(24)15-9-14(21-22-15)17-2-1-7-26-17/h1-9H,10H2,(H,20,24)(H,21,22). The molecule has 6 nitrogen and oxygen atoms in total. The number of carbonyl (C=O) groups is 1. The number of nitrogens with zero attached hydrogens (tertiary/aromatic N) is 2. The van der Waals surface area contributed by atoms with Gasteiger partial charge in [-0.3, -0.25) is 9.89 Å². The van der Waals surface area contributed by atoms with Crippen LogP contribution < -0.4 is 5.32 Å². The summed E-state index contributed by atoms with van der Waals surface area (Å²) in [7, 11) is 0. The van der Waals surface area contributed by atoms with Crippen LogP contribution in [0.3, 0.4) is 0 Å². The van der Waals surface area contributed by atoms with Gasteiger partial charge >= 0.3 is 0 Å². The quantitative estimate of drug-likeness (QED) is 0.535. The number of carbonyl (C=O) groups excluding carboxylic acids is 1. The van der Waals surface area contributed by atoms with Crippen LogP contribution in [0.5, 0.6) is 0 Å². The SMILES string of the molecule is O=C(NCc1cc(-c2ccc(Cl)cc2)on1)c1cc(-c2cccs2)[nH]n1.